The van der Waals surface area contributed by atoms with E-state index in [2.05, 4.69) is 23.6 Å². The van der Waals surface area contributed by atoms with Crippen LogP contribution in [0.3, 0.4) is 0 Å². The molecule has 2 atom stereocenters. The van der Waals surface area contributed by atoms with Crippen molar-refractivity contribution in [2.75, 3.05) is 26.2 Å². The molecule has 2 fully saturated rings. The van der Waals surface area contributed by atoms with E-state index in [1.807, 2.05) is 0 Å². The summed E-state index contributed by atoms with van der Waals surface area (Å²) in [4.78, 5) is 5.61. The number of nitrogens with zero attached hydrogens (tertiary/aromatic N) is 2. The highest BCUT2D eigenvalue weighted by Gasteiger charge is 2.33. The molecular weight excluding hydrogens is 244 g/mol. The zero-order valence-electron chi connectivity index (χ0n) is 13.9. The fraction of sp³-hybridized carbons (Fsp3) is 1.00. The number of fused-ring (bicyclic) bond motifs is 1. The van der Waals surface area contributed by atoms with Gasteiger partial charge in [0.25, 0.3) is 0 Å². The van der Waals surface area contributed by atoms with Crippen molar-refractivity contribution in [3.63, 3.8) is 0 Å². The minimum atomic E-state index is 0.833. The van der Waals surface area contributed by atoms with Crippen molar-refractivity contribution in [1.29, 1.82) is 0 Å². The summed E-state index contributed by atoms with van der Waals surface area (Å²) in [6.07, 6.45) is 14.2. The van der Waals surface area contributed by atoms with Crippen molar-refractivity contribution in [3.8, 4) is 0 Å². The lowest BCUT2D eigenvalue weighted by molar-refractivity contribution is 0.00687. The Labute approximate surface area is 126 Å². The van der Waals surface area contributed by atoms with Gasteiger partial charge in [0.05, 0.1) is 0 Å². The van der Waals surface area contributed by atoms with Gasteiger partial charge >= 0.3 is 0 Å². The van der Waals surface area contributed by atoms with Crippen LogP contribution in [0.2, 0.25) is 0 Å². The fourth-order valence-electron chi connectivity index (χ4n) is 4.07. The lowest BCUT2D eigenvalue weighted by Gasteiger charge is -2.48. The maximum absolute atomic E-state index is 2.83. The minimum absolute atomic E-state index is 0.833. The maximum Gasteiger partial charge on any atom is 0.0223 e. The molecule has 2 rings (SSSR count). The van der Waals surface area contributed by atoms with Gasteiger partial charge in [-0.1, -0.05) is 52.4 Å². The van der Waals surface area contributed by atoms with Crippen LogP contribution in [0.25, 0.3) is 0 Å². The molecule has 0 spiro atoms. The number of piperazine rings is 1. The Morgan fingerprint density at radius 1 is 0.900 bits per heavy atom. The molecule has 2 heterocycles. The summed E-state index contributed by atoms with van der Waals surface area (Å²) in [7, 11) is 0. The Balaban J connectivity index is 1.69. The van der Waals surface area contributed by atoms with E-state index in [0.29, 0.717) is 0 Å². The smallest absolute Gasteiger partial charge is 0.0223 e. The molecule has 0 saturated carbocycles. The lowest BCUT2D eigenvalue weighted by atomic mass is 9.95. The Bertz CT molecular complexity index is 254. The van der Waals surface area contributed by atoms with Gasteiger partial charge in [-0.3, -0.25) is 9.80 Å². The third-order valence-corrected chi connectivity index (χ3v) is 5.43. The van der Waals surface area contributed by atoms with Crippen molar-refractivity contribution >= 4 is 0 Å². The van der Waals surface area contributed by atoms with Crippen LogP contribution in [-0.2, 0) is 0 Å². The number of hydrogen-bond donors (Lipinski definition) is 0. The monoisotopic (exact) mass is 280 g/mol. The third-order valence-electron chi connectivity index (χ3n) is 5.43. The SMILES string of the molecule is CCCCCCCCN1CC2CCCCN2CC1CC. The molecule has 20 heavy (non-hydrogen) atoms. The molecule has 2 aliphatic heterocycles. The average Bonchev–Trinajstić information content (AvgIpc) is 2.50. The molecule has 2 nitrogen and oxygen atoms in total. The van der Waals surface area contributed by atoms with Crippen LogP contribution in [0.1, 0.15) is 78.1 Å². The van der Waals surface area contributed by atoms with Crippen LogP contribution in [-0.4, -0.2) is 48.1 Å². The Morgan fingerprint density at radius 3 is 2.50 bits per heavy atom. The summed E-state index contributed by atoms with van der Waals surface area (Å²) in [6, 6.07) is 1.71. The fourth-order valence-corrected chi connectivity index (χ4v) is 4.07. The zero-order valence-corrected chi connectivity index (χ0v) is 13.9. The van der Waals surface area contributed by atoms with Crippen molar-refractivity contribution in [2.24, 2.45) is 0 Å². The van der Waals surface area contributed by atoms with Crippen molar-refractivity contribution < 1.29 is 0 Å². The van der Waals surface area contributed by atoms with Gasteiger partial charge in [-0.05, 0) is 38.8 Å². The highest BCUT2D eigenvalue weighted by Crippen LogP contribution is 2.25. The molecule has 0 aromatic rings. The van der Waals surface area contributed by atoms with E-state index in [9.17, 15) is 0 Å². The molecule has 0 amide bonds. The second kappa shape index (κ2) is 9.04. The maximum atomic E-state index is 2.83. The van der Waals surface area contributed by atoms with Gasteiger partial charge in [-0.15, -0.1) is 0 Å². The molecule has 0 N–H and O–H groups in total. The van der Waals surface area contributed by atoms with E-state index < -0.39 is 0 Å². The van der Waals surface area contributed by atoms with Crippen LogP contribution in [0.4, 0.5) is 0 Å². The van der Waals surface area contributed by atoms with Gasteiger partial charge in [0, 0.05) is 25.2 Å². The summed E-state index contributed by atoms with van der Waals surface area (Å²) >= 11 is 0. The van der Waals surface area contributed by atoms with Crippen LogP contribution < -0.4 is 0 Å². The molecule has 0 radical (unpaired) electrons. The first-order valence-corrected chi connectivity index (χ1v) is 9.33. The first-order chi connectivity index (χ1) is 9.85. The van der Waals surface area contributed by atoms with Gasteiger partial charge < -0.3 is 0 Å². The van der Waals surface area contributed by atoms with E-state index in [1.54, 1.807) is 0 Å². The third kappa shape index (κ3) is 4.73. The summed E-state index contributed by atoms with van der Waals surface area (Å²) in [5.74, 6) is 0. The van der Waals surface area contributed by atoms with Crippen LogP contribution in [0.5, 0.6) is 0 Å². The van der Waals surface area contributed by atoms with E-state index in [1.165, 1.54) is 90.4 Å². The molecular formula is C18H36N2. The Kier molecular flexibility index (Phi) is 7.37. The standard InChI is InChI=1S/C18H36N2/c1-3-5-6-7-8-10-13-19-16-18-12-9-11-14-20(18)15-17(19)4-2/h17-18H,3-16H2,1-2H3. The average molecular weight is 280 g/mol. The normalized spacial score (nSPS) is 28.5. The summed E-state index contributed by atoms with van der Waals surface area (Å²) in [5, 5.41) is 0. The Hall–Kier alpha value is -0.0800. The number of piperidine rings is 1. The van der Waals surface area contributed by atoms with Crippen molar-refractivity contribution in [1.82, 2.24) is 9.80 Å². The van der Waals surface area contributed by atoms with Gasteiger partial charge in [0.1, 0.15) is 0 Å². The molecule has 0 bridgehead atoms. The first kappa shape index (κ1) is 16.3. The molecule has 2 aliphatic rings. The van der Waals surface area contributed by atoms with Crippen molar-refractivity contribution in [2.45, 2.75) is 90.1 Å². The molecule has 0 aromatic heterocycles. The summed E-state index contributed by atoms with van der Waals surface area (Å²) in [6.45, 7) is 10.1. The van der Waals surface area contributed by atoms with E-state index >= 15 is 0 Å². The molecule has 0 aromatic carbocycles. The first-order valence-electron chi connectivity index (χ1n) is 9.33. The number of hydrogen-bond acceptors (Lipinski definition) is 2. The summed E-state index contributed by atoms with van der Waals surface area (Å²) < 4.78 is 0. The topological polar surface area (TPSA) is 6.48 Å². The van der Waals surface area contributed by atoms with Gasteiger partial charge in [0.2, 0.25) is 0 Å². The predicted octanol–water partition coefficient (Wildman–Crippen LogP) is 4.30. The highest BCUT2D eigenvalue weighted by molar-refractivity contribution is 4.90. The molecule has 2 unspecified atom stereocenters. The van der Waals surface area contributed by atoms with Crippen LogP contribution >= 0.6 is 0 Å². The second-order valence-electron chi connectivity index (χ2n) is 6.97. The largest absolute Gasteiger partial charge is 0.298 e. The lowest BCUT2D eigenvalue weighted by Crippen LogP contribution is -2.59. The molecule has 0 aliphatic carbocycles. The van der Waals surface area contributed by atoms with Crippen LogP contribution in [0, 0.1) is 0 Å². The molecule has 2 heteroatoms. The van der Waals surface area contributed by atoms with Crippen LogP contribution in [0.15, 0.2) is 0 Å². The predicted molar refractivity (Wildman–Crippen MR) is 88.2 cm³/mol. The minimum Gasteiger partial charge on any atom is -0.298 e. The Morgan fingerprint density at radius 2 is 1.70 bits per heavy atom. The zero-order chi connectivity index (χ0) is 14.2. The van der Waals surface area contributed by atoms with Gasteiger partial charge in [-0.25, -0.2) is 0 Å². The van der Waals surface area contributed by atoms with Gasteiger partial charge in [-0.2, -0.15) is 0 Å². The van der Waals surface area contributed by atoms with Crippen molar-refractivity contribution in [3.05, 3.63) is 0 Å². The molecule has 118 valence electrons. The summed E-state index contributed by atoms with van der Waals surface area (Å²) in [5.41, 5.74) is 0. The van der Waals surface area contributed by atoms with E-state index in [4.69, 9.17) is 0 Å². The number of unbranched alkanes of at least 4 members (excludes halogenated alkanes) is 5. The highest BCUT2D eigenvalue weighted by atomic mass is 15.3. The van der Waals surface area contributed by atoms with E-state index in [-0.39, 0.29) is 0 Å². The quantitative estimate of drug-likeness (QED) is 0.612. The second-order valence-corrected chi connectivity index (χ2v) is 6.97. The number of rotatable bonds is 8. The molecule has 2 saturated heterocycles. The van der Waals surface area contributed by atoms with Gasteiger partial charge in [0.15, 0.2) is 0 Å². The van der Waals surface area contributed by atoms with E-state index in [0.717, 1.165) is 12.1 Å².